The van der Waals surface area contributed by atoms with Gasteiger partial charge in [0.25, 0.3) is 0 Å². The van der Waals surface area contributed by atoms with E-state index in [2.05, 4.69) is 15.6 Å². The molecule has 1 saturated carbocycles. The van der Waals surface area contributed by atoms with Gasteiger partial charge in [0, 0.05) is 11.7 Å². The summed E-state index contributed by atoms with van der Waals surface area (Å²) >= 11 is 0. The molecule has 108 valence electrons. The van der Waals surface area contributed by atoms with Crippen molar-refractivity contribution in [2.24, 2.45) is 0 Å². The number of carboxylic acid groups (broad SMARTS) is 1. The summed E-state index contributed by atoms with van der Waals surface area (Å²) in [6, 6.07) is 1.46. The molecule has 1 aromatic heterocycles. The Morgan fingerprint density at radius 1 is 1.40 bits per heavy atom. The largest absolute Gasteiger partial charge is 0.478 e. The van der Waals surface area contributed by atoms with E-state index < -0.39 is 12.0 Å². The van der Waals surface area contributed by atoms with Crippen molar-refractivity contribution in [3.63, 3.8) is 0 Å². The number of nitrogens with zero attached hydrogens (tertiary/aromatic N) is 1. The first-order valence-corrected chi connectivity index (χ1v) is 6.67. The first-order chi connectivity index (χ1) is 9.38. The second-order valence-corrected chi connectivity index (χ2v) is 5.26. The van der Waals surface area contributed by atoms with Crippen molar-refractivity contribution < 1.29 is 14.7 Å². The topological polar surface area (TPSA) is 91.3 Å². The van der Waals surface area contributed by atoms with Crippen LogP contribution in [0.25, 0.3) is 0 Å². The maximum absolute atomic E-state index is 11.9. The van der Waals surface area contributed by atoms with E-state index >= 15 is 0 Å². The van der Waals surface area contributed by atoms with Crippen LogP contribution >= 0.6 is 0 Å². The minimum Gasteiger partial charge on any atom is -0.478 e. The number of anilines is 1. The summed E-state index contributed by atoms with van der Waals surface area (Å²) in [7, 11) is 0. The van der Waals surface area contributed by atoms with Crippen LogP contribution in [0.5, 0.6) is 0 Å². The van der Waals surface area contributed by atoms with Crippen LogP contribution in [-0.2, 0) is 4.79 Å². The first-order valence-electron chi connectivity index (χ1n) is 6.67. The second-order valence-electron chi connectivity index (χ2n) is 5.26. The van der Waals surface area contributed by atoms with Gasteiger partial charge in [-0.05, 0) is 45.2 Å². The Hall–Kier alpha value is -2.11. The molecule has 0 aliphatic heterocycles. The van der Waals surface area contributed by atoms with Gasteiger partial charge < -0.3 is 15.7 Å². The molecule has 0 spiro atoms. The van der Waals surface area contributed by atoms with Gasteiger partial charge in [0.05, 0.1) is 0 Å². The monoisotopic (exact) mass is 277 g/mol. The van der Waals surface area contributed by atoms with Gasteiger partial charge in [-0.1, -0.05) is 0 Å². The van der Waals surface area contributed by atoms with Gasteiger partial charge in [0.15, 0.2) is 0 Å². The Bertz CT molecular complexity index is 553. The third-order valence-corrected chi connectivity index (χ3v) is 3.23. The zero-order valence-electron chi connectivity index (χ0n) is 11.9. The zero-order valence-corrected chi connectivity index (χ0v) is 11.9. The van der Waals surface area contributed by atoms with E-state index in [0.29, 0.717) is 11.3 Å². The lowest BCUT2D eigenvalue weighted by atomic mass is 10.1. The van der Waals surface area contributed by atoms with Gasteiger partial charge in [0.1, 0.15) is 17.4 Å². The van der Waals surface area contributed by atoms with Crippen LogP contribution < -0.4 is 10.6 Å². The molecule has 1 aromatic rings. The molecule has 3 N–H and O–H groups in total. The smallest absolute Gasteiger partial charge is 0.339 e. The van der Waals surface area contributed by atoms with E-state index in [1.165, 1.54) is 0 Å². The third-order valence-electron chi connectivity index (χ3n) is 3.23. The SMILES string of the molecule is Cc1cc(C)c(C(=O)O)c(NC(C)C(=O)NC2CC2)n1. The van der Waals surface area contributed by atoms with E-state index in [4.69, 9.17) is 0 Å². The Morgan fingerprint density at radius 3 is 2.60 bits per heavy atom. The normalized spacial score (nSPS) is 15.6. The molecule has 1 amide bonds. The third kappa shape index (κ3) is 3.26. The van der Waals surface area contributed by atoms with E-state index in [9.17, 15) is 14.7 Å². The molecule has 2 rings (SSSR count). The number of amides is 1. The number of hydrogen-bond acceptors (Lipinski definition) is 4. The van der Waals surface area contributed by atoms with Crippen molar-refractivity contribution in [3.05, 3.63) is 22.9 Å². The molecule has 1 unspecified atom stereocenters. The minimum atomic E-state index is -1.05. The van der Waals surface area contributed by atoms with Crippen LogP contribution in [-0.4, -0.2) is 34.1 Å². The van der Waals surface area contributed by atoms with Gasteiger partial charge in [-0.25, -0.2) is 9.78 Å². The summed E-state index contributed by atoms with van der Waals surface area (Å²) in [6.07, 6.45) is 2.03. The highest BCUT2D eigenvalue weighted by Crippen LogP contribution is 2.21. The van der Waals surface area contributed by atoms with E-state index in [0.717, 1.165) is 12.8 Å². The Morgan fingerprint density at radius 2 is 2.05 bits per heavy atom. The van der Waals surface area contributed by atoms with Gasteiger partial charge in [0.2, 0.25) is 5.91 Å². The van der Waals surface area contributed by atoms with Crippen LogP contribution in [0, 0.1) is 13.8 Å². The molecule has 1 heterocycles. The average Bonchev–Trinajstić information content (AvgIpc) is 3.10. The van der Waals surface area contributed by atoms with Gasteiger partial charge in [-0.3, -0.25) is 4.79 Å². The van der Waals surface area contributed by atoms with Crippen molar-refractivity contribution in [1.29, 1.82) is 0 Å². The molecule has 0 aromatic carbocycles. The van der Waals surface area contributed by atoms with Crippen LogP contribution in [0.4, 0.5) is 5.82 Å². The molecule has 1 aliphatic rings. The van der Waals surface area contributed by atoms with Crippen molar-refractivity contribution in [1.82, 2.24) is 10.3 Å². The maximum atomic E-state index is 11.9. The molecule has 0 saturated heterocycles. The Labute approximate surface area is 117 Å². The lowest BCUT2D eigenvalue weighted by Crippen LogP contribution is -2.39. The molecular weight excluding hydrogens is 258 g/mol. The van der Waals surface area contributed by atoms with E-state index in [-0.39, 0.29) is 23.3 Å². The Balaban J connectivity index is 2.18. The lowest BCUT2D eigenvalue weighted by molar-refractivity contribution is -0.121. The van der Waals surface area contributed by atoms with Crippen molar-refractivity contribution in [2.45, 2.75) is 45.7 Å². The summed E-state index contributed by atoms with van der Waals surface area (Å²) in [5.74, 6) is -0.939. The fourth-order valence-electron chi connectivity index (χ4n) is 2.04. The zero-order chi connectivity index (χ0) is 14.9. The molecule has 6 nitrogen and oxygen atoms in total. The van der Waals surface area contributed by atoms with Gasteiger partial charge >= 0.3 is 5.97 Å². The highest BCUT2D eigenvalue weighted by Gasteiger charge is 2.26. The molecule has 1 atom stereocenters. The van der Waals surface area contributed by atoms with E-state index in [1.54, 1.807) is 26.8 Å². The van der Waals surface area contributed by atoms with Crippen molar-refractivity contribution in [2.75, 3.05) is 5.32 Å². The Kier molecular flexibility index (Phi) is 3.92. The standard InChI is InChI=1S/C14H19N3O3/c1-7-6-8(2)15-12(11(7)14(19)20)16-9(3)13(18)17-10-4-5-10/h6,9-10H,4-5H2,1-3H3,(H,15,16)(H,17,18)(H,19,20). The number of carbonyl (C=O) groups excluding carboxylic acids is 1. The lowest BCUT2D eigenvalue weighted by Gasteiger charge is -2.17. The number of rotatable bonds is 5. The van der Waals surface area contributed by atoms with Crippen molar-refractivity contribution >= 4 is 17.7 Å². The number of carbonyl (C=O) groups is 2. The van der Waals surface area contributed by atoms with Crippen LogP contribution in [0.2, 0.25) is 0 Å². The van der Waals surface area contributed by atoms with Crippen LogP contribution in [0.1, 0.15) is 41.4 Å². The number of aromatic nitrogens is 1. The van der Waals surface area contributed by atoms with Crippen LogP contribution in [0.3, 0.4) is 0 Å². The summed E-state index contributed by atoms with van der Waals surface area (Å²) in [5.41, 5.74) is 1.45. The molecule has 20 heavy (non-hydrogen) atoms. The predicted molar refractivity (Wildman–Crippen MR) is 74.9 cm³/mol. The summed E-state index contributed by atoms with van der Waals surface area (Å²) in [4.78, 5) is 27.4. The fourth-order valence-corrected chi connectivity index (χ4v) is 2.04. The van der Waals surface area contributed by atoms with E-state index in [1.807, 2.05) is 0 Å². The number of aromatic carboxylic acids is 1. The molecule has 1 aliphatic carbocycles. The summed E-state index contributed by atoms with van der Waals surface area (Å²) in [6.45, 7) is 5.21. The summed E-state index contributed by atoms with van der Waals surface area (Å²) < 4.78 is 0. The number of aryl methyl sites for hydroxylation is 2. The highest BCUT2D eigenvalue weighted by atomic mass is 16.4. The van der Waals surface area contributed by atoms with Crippen molar-refractivity contribution in [3.8, 4) is 0 Å². The molecule has 6 heteroatoms. The number of hydrogen-bond donors (Lipinski definition) is 3. The van der Waals surface area contributed by atoms with Gasteiger partial charge in [-0.2, -0.15) is 0 Å². The quantitative estimate of drug-likeness (QED) is 0.758. The van der Waals surface area contributed by atoms with Gasteiger partial charge in [-0.15, -0.1) is 0 Å². The molecular formula is C14H19N3O3. The number of carboxylic acids is 1. The fraction of sp³-hybridized carbons (Fsp3) is 0.500. The maximum Gasteiger partial charge on any atom is 0.339 e. The molecule has 1 fully saturated rings. The summed E-state index contributed by atoms with van der Waals surface area (Å²) in [5, 5.41) is 15.0. The minimum absolute atomic E-state index is 0.113. The van der Waals surface area contributed by atoms with Crippen LogP contribution in [0.15, 0.2) is 6.07 Å². The second kappa shape index (κ2) is 5.48. The average molecular weight is 277 g/mol. The number of pyridine rings is 1. The highest BCUT2D eigenvalue weighted by molar-refractivity contribution is 5.96. The molecule has 0 radical (unpaired) electrons. The predicted octanol–water partition coefficient (Wildman–Crippen LogP) is 1.48. The number of nitrogens with one attached hydrogen (secondary N) is 2. The molecule has 0 bridgehead atoms. The first kappa shape index (κ1) is 14.3.